The molecule has 0 aliphatic carbocycles. The molecule has 1 fully saturated rings. The zero-order valence-electron chi connectivity index (χ0n) is 19.3. The number of Topliss-reactive ketones (excluding diaryl/α,β-unsaturated/α-hetero) is 1. The van der Waals surface area contributed by atoms with Crippen molar-refractivity contribution in [1.29, 1.82) is 0 Å². The maximum atomic E-state index is 12.8. The maximum absolute atomic E-state index is 12.8. The molecule has 3 N–H and O–H groups in total. The minimum atomic E-state index is 0.00809. The van der Waals surface area contributed by atoms with Gasteiger partial charge in [0.05, 0.1) is 28.7 Å². The largest absolute Gasteiger partial charge is 0.355 e. The van der Waals surface area contributed by atoms with Crippen LogP contribution in [0.5, 0.6) is 0 Å². The molecule has 2 aromatic carbocycles. The molecule has 35 heavy (non-hydrogen) atoms. The molecule has 1 unspecified atom stereocenters. The Morgan fingerprint density at radius 3 is 2.51 bits per heavy atom. The van der Waals surface area contributed by atoms with Crippen molar-refractivity contribution in [1.82, 2.24) is 9.97 Å². The highest BCUT2D eigenvalue weighted by Crippen LogP contribution is 2.35. The number of pyridine rings is 2. The van der Waals surface area contributed by atoms with Gasteiger partial charge in [0.25, 0.3) is 0 Å². The van der Waals surface area contributed by atoms with Crippen LogP contribution in [0.25, 0.3) is 22.0 Å². The van der Waals surface area contributed by atoms with Gasteiger partial charge < -0.3 is 16.0 Å². The number of nitrogens with one attached hydrogen (secondary N) is 1. The molecule has 6 nitrogen and oxygen atoms in total. The van der Waals surface area contributed by atoms with Crippen LogP contribution in [-0.2, 0) is 0 Å². The zero-order chi connectivity index (χ0) is 24.5. The van der Waals surface area contributed by atoms with Crippen molar-refractivity contribution >= 4 is 57.1 Å². The van der Waals surface area contributed by atoms with E-state index in [9.17, 15) is 4.79 Å². The van der Waals surface area contributed by atoms with Crippen molar-refractivity contribution in [2.24, 2.45) is 5.73 Å². The molecule has 3 heterocycles. The third kappa shape index (κ3) is 4.96. The van der Waals surface area contributed by atoms with Gasteiger partial charge in [0.15, 0.2) is 5.78 Å². The van der Waals surface area contributed by atoms with Gasteiger partial charge in [-0.3, -0.25) is 9.78 Å². The van der Waals surface area contributed by atoms with Crippen LogP contribution < -0.4 is 16.0 Å². The summed E-state index contributed by atoms with van der Waals surface area (Å²) < 4.78 is 0. The van der Waals surface area contributed by atoms with Crippen molar-refractivity contribution in [3.63, 3.8) is 0 Å². The van der Waals surface area contributed by atoms with E-state index in [0.29, 0.717) is 27.7 Å². The second-order valence-electron chi connectivity index (χ2n) is 8.74. The Bertz CT molecular complexity index is 1390. The first-order chi connectivity index (χ1) is 16.9. The molecule has 1 aliphatic rings. The van der Waals surface area contributed by atoms with E-state index in [1.165, 1.54) is 0 Å². The van der Waals surface area contributed by atoms with Gasteiger partial charge in [-0.1, -0.05) is 36.2 Å². The zero-order valence-corrected chi connectivity index (χ0v) is 20.8. The van der Waals surface area contributed by atoms with E-state index >= 15 is 0 Å². The van der Waals surface area contributed by atoms with E-state index in [1.54, 1.807) is 18.5 Å². The minimum absolute atomic E-state index is 0.00809. The Kier molecular flexibility index (Phi) is 6.60. The standard InChI is InChI=1S/C27H25Cl2N5O/c1-2-25(35)23-14-31-24-5-3-16(17-9-18(28)12-19(29)10-17)11-22(24)27(23)33-21-4-6-26(32-13-21)34-8-7-20(30)15-34/h3-6,9-14,20H,2,7-8,15,30H2,1H3,(H,31,33). The summed E-state index contributed by atoms with van der Waals surface area (Å²) in [6.07, 6.45) is 4.76. The second kappa shape index (κ2) is 9.82. The molecule has 178 valence electrons. The number of fused-ring (bicyclic) bond motifs is 1. The van der Waals surface area contributed by atoms with Crippen LogP contribution in [0.15, 0.2) is 60.9 Å². The highest BCUT2D eigenvalue weighted by atomic mass is 35.5. The number of aromatic nitrogens is 2. The molecule has 1 saturated heterocycles. The number of carbonyl (C=O) groups is 1. The smallest absolute Gasteiger partial charge is 0.166 e. The molecule has 0 saturated carbocycles. The maximum Gasteiger partial charge on any atom is 0.166 e. The molecule has 8 heteroatoms. The van der Waals surface area contributed by atoms with Gasteiger partial charge in [0.1, 0.15) is 5.82 Å². The Hall–Kier alpha value is -3.19. The summed E-state index contributed by atoms with van der Waals surface area (Å²) in [5.74, 6) is 0.904. The van der Waals surface area contributed by atoms with Crippen LogP contribution >= 0.6 is 23.2 Å². The Labute approximate surface area is 214 Å². The average Bonchev–Trinajstić information content (AvgIpc) is 3.29. The van der Waals surface area contributed by atoms with Crippen LogP contribution in [0.3, 0.4) is 0 Å². The van der Waals surface area contributed by atoms with E-state index in [0.717, 1.165) is 53.0 Å². The first-order valence-electron chi connectivity index (χ1n) is 11.6. The summed E-state index contributed by atoms with van der Waals surface area (Å²) in [5, 5.41) is 5.39. The summed E-state index contributed by atoms with van der Waals surface area (Å²) in [6.45, 7) is 3.55. The van der Waals surface area contributed by atoms with Crippen LogP contribution in [0, 0.1) is 0 Å². The van der Waals surface area contributed by atoms with Gasteiger partial charge in [0.2, 0.25) is 0 Å². The van der Waals surface area contributed by atoms with Crippen LogP contribution in [0.2, 0.25) is 10.0 Å². The topological polar surface area (TPSA) is 84.1 Å². The first kappa shape index (κ1) is 23.5. The lowest BCUT2D eigenvalue weighted by Crippen LogP contribution is -2.26. The molecule has 4 aromatic rings. The van der Waals surface area contributed by atoms with Crippen molar-refractivity contribution < 1.29 is 4.79 Å². The van der Waals surface area contributed by atoms with Crippen molar-refractivity contribution in [3.05, 3.63) is 76.5 Å². The van der Waals surface area contributed by atoms with Gasteiger partial charge in [-0.05, 0) is 60.0 Å². The minimum Gasteiger partial charge on any atom is -0.355 e. The molecule has 1 atom stereocenters. The summed E-state index contributed by atoms with van der Waals surface area (Å²) >= 11 is 12.5. The SMILES string of the molecule is CCC(=O)c1cnc2ccc(-c3cc(Cl)cc(Cl)c3)cc2c1Nc1ccc(N2CCC(N)C2)nc1. The molecule has 0 spiro atoms. The summed E-state index contributed by atoms with van der Waals surface area (Å²) in [6, 6.07) is 15.5. The lowest BCUT2D eigenvalue weighted by molar-refractivity contribution is 0.0989. The molecule has 2 aromatic heterocycles. The van der Waals surface area contributed by atoms with Gasteiger partial charge in [-0.25, -0.2) is 4.98 Å². The molecule has 0 radical (unpaired) electrons. The van der Waals surface area contributed by atoms with Gasteiger partial charge in [-0.2, -0.15) is 0 Å². The summed E-state index contributed by atoms with van der Waals surface area (Å²) in [4.78, 5) is 24.2. The van der Waals surface area contributed by atoms with Crippen molar-refractivity contribution in [3.8, 4) is 11.1 Å². The van der Waals surface area contributed by atoms with E-state index in [1.807, 2.05) is 49.4 Å². The fraction of sp³-hybridized carbons (Fsp3) is 0.222. The van der Waals surface area contributed by atoms with Crippen molar-refractivity contribution in [2.75, 3.05) is 23.3 Å². The highest BCUT2D eigenvalue weighted by molar-refractivity contribution is 6.35. The predicted molar refractivity (Wildman–Crippen MR) is 144 cm³/mol. The second-order valence-corrected chi connectivity index (χ2v) is 9.61. The lowest BCUT2D eigenvalue weighted by atomic mass is 9.99. The summed E-state index contributed by atoms with van der Waals surface area (Å²) in [5.41, 5.74) is 10.6. The monoisotopic (exact) mass is 505 g/mol. The van der Waals surface area contributed by atoms with E-state index in [4.69, 9.17) is 28.9 Å². The average molecular weight is 506 g/mol. The first-order valence-corrected chi connectivity index (χ1v) is 12.3. The highest BCUT2D eigenvalue weighted by Gasteiger charge is 2.20. The molecule has 0 bridgehead atoms. The molecule has 0 amide bonds. The normalized spacial score (nSPS) is 15.5. The number of anilines is 3. The number of halogens is 2. The number of hydrogen-bond acceptors (Lipinski definition) is 6. The van der Waals surface area contributed by atoms with Gasteiger partial charge in [-0.15, -0.1) is 0 Å². The number of benzene rings is 2. The number of nitrogens with two attached hydrogens (primary N) is 1. The number of rotatable bonds is 6. The van der Waals surface area contributed by atoms with Crippen LogP contribution in [-0.4, -0.2) is 34.9 Å². The van der Waals surface area contributed by atoms with E-state index in [2.05, 4.69) is 20.2 Å². The Morgan fingerprint density at radius 2 is 1.86 bits per heavy atom. The lowest BCUT2D eigenvalue weighted by Gasteiger charge is -2.18. The Morgan fingerprint density at radius 1 is 1.06 bits per heavy atom. The molecule has 1 aliphatic heterocycles. The molecule has 5 rings (SSSR count). The number of ketones is 1. The number of carbonyl (C=O) groups excluding carboxylic acids is 1. The third-order valence-corrected chi connectivity index (χ3v) is 6.69. The molecular formula is C27H25Cl2N5O. The van der Waals surface area contributed by atoms with Crippen LogP contribution in [0.4, 0.5) is 17.2 Å². The molecular weight excluding hydrogens is 481 g/mol. The fourth-order valence-corrected chi connectivity index (χ4v) is 4.94. The van der Waals surface area contributed by atoms with E-state index in [-0.39, 0.29) is 11.8 Å². The Balaban J connectivity index is 1.57. The quantitative estimate of drug-likeness (QED) is 0.292. The van der Waals surface area contributed by atoms with Crippen LogP contribution in [0.1, 0.15) is 30.1 Å². The van der Waals surface area contributed by atoms with Gasteiger partial charge >= 0.3 is 0 Å². The fourth-order valence-electron chi connectivity index (χ4n) is 4.42. The summed E-state index contributed by atoms with van der Waals surface area (Å²) in [7, 11) is 0. The van der Waals surface area contributed by atoms with Gasteiger partial charge in [0, 0.05) is 47.2 Å². The predicted octanol–water partition coefficient (Wildman–Crippen LogP) is 6.48. The number of nitrogens with zero attached hydrogens (tertiary/aromatic N) is 3. The van der Waals surface area contributed by atoms with Crippen molar-refractivity contribution in [2.45, 2.75) is 25.8 Å². The third-order valence-electron chi connectivity index (χ3n) is 6.25. The van der Waals surface area contributed by atoms with E-state index < -0.39 is 0 Å². The number of hydrogen-bond donors (Lipinski definition) is 2.